The number of carbonyl (C=O) groups excluding carboxylic acids is 1. The second kappa shape index (κ2) is 5.46. The number of aliphatic imine (C=N–C) groups is 1. The molecule has 2 N–H and O–H groups in total. The third kappa shape index (κ3) is 2.37. The van der Waals surface area contributed by atoms with E-state index in [1.54, 1.807) is 6.21 Å². The lowest BCUT2D eigenvalue weighted by atomic mass is 10.1. The first-order chi connectivity index (χ1) is 8.67. The molecule has 0 saturated heterocycles. The highest BCUT2D eigenvalue weighted by Gasteiger charge is 2.21. The van der Waals surface area contributed by atoms with E-state index in [9.17, 15) is 9.90 Å². The van der Waals surface area contributed by atoms with E-state index in [2.05, 4.69) is 14.9 Å². The number of fused-ring (bicyclic) bond motifs is 1. The number of carbonyl (C=O) groups is 1. The maximum atomic E-state index is 11.7. The molecule has 0 amide bonds. The Balaban J connectivity index is 2.16. The van der Waals surface area contributed by atoms with Gasteiger partial charge in [-0.2, -0.15) is 0 Å². The second-order valence-electron chi connectivity index (χ2n) is 4.64. The van der Waals surface area contributed by atoms with Crippen molar-refractivity contribution in [3.8, 4) is 0 Å². The van der Waals surface area contributed by atoms with Gasteiger partial charge in [0.15, 0.2) is 5.78 Å². The predicted octanol–water partition coefficient (Wildman–Crippen LogP) is 1.51. The van der Waals surface area contributed by atoms with Crippen molar-refractivity contribution in [2.75, 3.05) is 13.7 Å². The summed E-state index contributed by atoms with van der Waals surface area (Å²) >= 11 is 0. The van der Waals surface area contributed by atoms with Crippen LogP contribution in [-0.4, -0.2) is 46.7 Å². The molecule has 2 heterocycles. The number of likely N-dealkylation sites (N-methyl/N-ethyl adjacent to an activating group) is 1. The lowest BCUT2D eigenvalue weighted by Gasteiger charge is -2.25. The predicted molar refractivity (Wildman–Crippen MR) is 70.5 cm³/mol. The van der Waals surface area contributed by atoms with Crippen LogP contribution in [0, 0.1) is 0 Å². The van der Waals surface area contributed by atoms with Crippen LogP contribution in [-0.2, 0) is 6.54 Å². The molecule has 1 aliphatic rings. The van der Waals surface area contributed by atoms with E-state index >= 15 is 0 Å². The molecule has 0 saturated carbocycles. The Hall–Kier alpha value is -1.46. The number of nitrogens with zero attached hydrogens (tertiary/aromatic N) is 2. The van der Waals surface area contributed by atoms with Crippen molar-refractivity contribution in [2.24, 2.45) is 4.99 Å². The second-order valence-corrected chi connectivity index (χ2v) is 4.64. The number of aliphatic hydroxyl groups is 1. The van der Waals surface area contributed by atoms with Crippen LogP contribution in [0.1, 0.15) is 35.8 Å². The first-order valence-electron chi connectivity index (χ1n) is 6.24. The Labute approximate surface area is 107 Å². The number of ketones is 1. The van der Waals surface area contributed by atoms with Crippen LogP contribution < -0.4 is 0 Å². The monoisotopic (exact) mass is 249 g/mol. The third-order valence-corrected chi connectivity index (χ3v) is 3.43. The Bertz CT molecular complexity index is 461. The number of hydrogen-bond acceptors (Lipinski definition) is 4. The van der Waals surface area contributed by atoms with Crippen LogP contribution in [0.5, 0.6) is 0 Å². The number of rotatable bonds is 5. The van der Waals surface area contributed by atoms with E-state index < -0.39 is 0 Å². The van der Waals surface area contributed by atoms with E-state index in [4.69, 9.17) is 0 Å². The summed E-state index contributed by atoms with van der Waals surface area (Å²) in [5.41, 5.74) is 2.37. The standard InChI is InChI=1S/C13H19N3O2/c1-3-10(8-17)16(2)7-9-6-15-13-11(18)4-5-14-12(9)13/h5-6,10,15,17H,3-4,7-8H2,1-2H3/t10-/m1/s1. The summed E-state index contributed by atoms with van der Waals surface area (Å²) < 4.78 is 0. The zero-order valence-corrected chi connectivity index (χ0v) is 10.8. The van der Waals surface area contributed by atoms with Gasteiger partial charge in [0.05, 0.1) is 12.3 Å². The average molecular weight is 249 g/mol. The van der Waals surface area contributed by atoms with Crippen molar-refractivity contribution < 1.29 is 9.90 Å². The van der Waals surface area contributed by atoms with E-state index in [0.29, 0.717) is 18.7 Å². The van der Waals surface area contributed by atoms with E-state index in [1.165, 1.54) is 0 Å². The maximum absolute atomic E-state index is 11.7. The highest BCUT2D eigenvalue weighted by Crippen LogP contribution is 2.29. The smallest absolute Gasteiger partial charge is 0.186 e. The fourth-order valence-electron chi connectivity index (χ4n) is 2.24. The molecular weight excluding hydrogens is 230 g/mol. The summed E-state index contributed by atoms with van der Waals surface area (Å²) in [6, 6.07) is 0.138. The minimum Gasteiger partial charge on any atom is -0.395 e. The van der Waals surface area contributed by atoms with Gasteiger partial charge in [0, 0.05) is 37.0 Å². The number of nitrogens with one attached hydrogen (secondary N) is 1. The van der Waals surface area contributed by atoms with Gasteiger partial charge in [-0.3, -0.25) is 14.7 Å². The fraction of sp³-hybridized carbons (Fsp3) is 0.538. The fourth-order valence-corrected chi connectivity index (χ4v) is 2.24. The van der Waals surface area contributed by atoms with Gasteiger partial charge in [-0.1, -0.05) is 6.92 Å². The quantitative estimate of drug-likeness (QED) is 0.831. The van der Waals surface area contributed by atoms with Crippen LogP contribution in [0.2, 0.25) is 0 Å². The molecule has 1 aliphatic heterocycles. The highest BCUT2D eigenvalue weighted by molar-refractivity contribution is 6.09. The summed E-state index contributed by atoms with van der Waals surface area (Å²) in [5, 5.41) is 9.27. The number of H-pyrrole nitrogens is 1. The Morgan fingerprint density at radius 1 is 1.61 bits per heavy atom. The lowest BCUT2D eigenvalue weighted by molar-refractivity contribution is 0.0996. The molecule has 1 atom stereocenters. The molecule has 0 fully saturated rings. The highest BCUT2D eigenvalue weighted by atomic mass is 16.3. The van der Waals surface area contributed by atoms with Gasteiger partial charge in [0.1, 0.15) is 5.69 Å². The van der Waals surface area contributed by atoms with Crippen molar-refractivity contribution in [1.29, 1.82) is 0 Å². The zero-order chi connectivity index (χ0) is 13.1. The molecule has 2 rings (SSSR count). The molecule has 0 aliphatic carbocycles. The molecule has 18 heavy (non-hydrogen) atoms. The van der Waals surface area contributed by atoms with Crippen LogP contribution >= 0.6 is 0 Å². The molecule has 0 spiro atoms. The van der Waals surface area contributed by atoms with E-state index in [-0.39, 0.29) is 18.4 Å². The van der Waals surface area contributed by atoms with E-state index in [0.717, 1.165) is 17.7 Å². The molecule has 1 aromatic rings. The Kier molecular flexibility index (Phi) is 3.93. The van der Waals surface area contributed by atoms with Crippen LogP contribution in [0.3, 0.4) is 0 Å². The maximum Gasteiger partial charge on any atom is 0.186 e. The van der Waals surface area contributed by atoms with Gasteiger partial charge < -0.3 is 10.1 Å². The van der Waals surface area contributed by atoms with Gasteiger partial charge in [0.2, 0.25) is 0 Å². The first-order valence-corrected chi connectivity index (χ1v) is 6.24. The summed E-state index contributed by atoms with van der Waals surface area (Å²) in [6.45, 7) is 2.86. The molecule has 0 radical (unpaired) electrons. The number of aromatic nitrogens is 1. The minimum atomic E-state index is 0.0862. The van der Waals surface area contributed by atoms with Crippen molar-refractivity contribution in [1.82, 2.24) is 9.88 Å². The van der Waals surface area contributed by atoms with Gasteiger partial charge in [-0.15, -0.1) is 0 Å². The van der Waals surface area contributed by atoms with Crippen LogP contribution in [0.15, 0.2) is 11.2 Å². The van der Waals surface area contributed by atoms with Gasteiger partial charge >= 0.3 is 0 Å². The van der Waals surface area contributed by atoms with Gasteiger partial charge in [0.25, 0.3) is 0 Å². The lowest BCUT2D eigenvalue weighted by Crippen LogP contribution is -2.33. The zero-order valence-electron chi connectivity index (χ0n) is 10.8. The number of aromatic amines is 1. The molecule has 98 valence electrons. The molecule has 5 heteroatoms. The number of aliphatic hydroxyl groups excluding tert-OH is 1. The molecule has 1 aromatic heterocycles. The normalized spacial score (nSPS) is 16.1. The molecule has 0 unspecified atom stereocenters. The SMILES string of the molecule is CC[C@H](CO)N(C)Cc1c[nH]c2c1N=CCC2=O. The molecule has 0 bridgehead atoms. The third-order valence-electron chi connectivity index (χ3n) is 3.43. The Morgan fingerprint density at radius 2 is 2.39 bits per heavy atom. The number of hydrogen-bond donors (Lipinski definition) is 2. The molecule has 5 nitrogen and oxygen atoms in total. The Morgan fingerprint density at radius 3 is 3.06 bits per heavy atom. The van der Waals surface area contributed by atoms with Crippen LogP contribution in [0.4, 0.5) is 5.69 Å². The van der Waals surface area contributed by atoms with Crippen molar-refractivity contribution in [2.45, 2.75) is 32.4 Å². The average Bonchev–Trinajstić information content (AvgIpc) is 2.76. The first kappa shape index (κ1) is 13.0. The van der Waals surface area contributed by atoms with Crippen molar-refractivity contribution in [3.63, 3.8) is 0 Å². The van der Waals surface area contributed by atoms with Gasteiger partial charge in [-0.25, -0.2) is 0 Å². The van der Waals surface area contributed by atoms with Crippen LogP contribution in [0.25, 0.3) is 0 Å². The van der Waals surface area contributed by atoms with Crippen molar-refractivity contribution in [3.05, 3.63) is 17.5 Å². The van der Waals surface area contributed by atoms with Gasteiger partial charge in [-0.05, 0) is 13.5 Å². The largest absolute Gasteiger partial charge is 0.395 e. The summed E-state index contributed by atoms with van der Waals surface area (Å²) in [4.78, 5) is 21.0. The summed E-state index contributed by atoms with van der Waals surface area (Å²) in [5.74, 6) is 0.0862. The topological polar surface area (TPSA) is 68.7 Å². The molecular formula is C13H19N3O2. The minimum absolute atomic E-state index is 0.0862. The van der Waals surface area contributed by atoms with E-state index in [1.807, 2.05) is 20.2 Å². The summed E-state index contributed by atoms with van der Waals surface area (Å²) in [7, 11) is 1.97. The number of Topliss-reactive ketones (excluding diaryl/α,β-unsaturated/α-hetero) is 1. The van der Waals surface area contributed by atoms with Crippen molar-refractivity contribution >= 4 is 17.7 Å². The molecule has 0 aromatic carbocycles. The summed E-state index contributed by atoms with van der Waals surface area (Å²) in [6.07, 6.45) is 4.76.